The second-order valence-electron chi connectivity index (χ2n) is 4.77. The molecule has 1 aromatic rings. The lowest BCUT2D eigenvalue weighted by atomic mass is 10.2. The molecule has 0 aromatic heterocycles. The maximum atomic E-state index is 9.12. The molecule has 0 heterocycles. The van der Waals surface area contributed by atoms with E-state index in [2.05, 4.69) is 10.6 Å². The minimum absolute atomic E-state index is 0.320. The van der Waals surface area contributed by atoms with Gasteiger partial charge in [-0.25, -0.2) is 0 Å². The number of methoxy groups -OCH3 is 1. The Labute approximate surface area is 131 Å². The standard InChI is InChI=1S/C15H25ClN2O3/c1-4-21-15-13(16)7-12(8-14(15)20-3)10-18-6-5-17-9-11(2)19/h7-8,11,17-19H,4-6,9-10H2,1-3H3/t11-/m0/s1. The lowest BCUT2D eigenvalue weighted by molar-refractivity contribution is 0.191. The highest BCUT2D eigenvalue weighted by molar-refractivity contribution is 6.32. The lowest BCUT2D eigenvalue weighted by Gasteiger charge is -2.13. The highest BCUT2D eigenvalue weighted by atomic mass is 35.5. The van der Waals surface area contributed by atoms with E-state index in [1.54, 1.807) is 14.0 Å². The third-order valence-electron chi connectivity index (χ3n) is 2.83. The van der Waals surface area contributed by atoms with Crippen LogP contribution in [0.15, 0.2) is 12.1 Å². The maximum absolute atomic E-state index is 9.12. The Kier molecular flexibility index (Phi) is 8.45. The zero-order valence-electron chi connectivity index (χ0n) is 12.9. The Hall–Kier alpha value is -1.01. The van der Waals surface area contributed by atoms with E-state index in [9.17, 15) is 0 Å². The van der Waals surface area contributed by atoms with E-state index in [4.69, 9.17) is 26.2 Å². The molecule has 0 fully saturated rings. The number of aliphatic hydroxyl groups excluding tert-OH is 1. The molecule has 5 nitrogen and oxygen atoms in total. The first kappa shape index (κ1) is 18.0. The first-order valence-corrected chi connectivity index (χ1v) is 7.55. The molecule has 0 saturated carbocycles. The van der Waals surface area contributed by atoms with Gasteiger partial charge in [0.1, 0.15) is 0 Å². The van der Waals surface area contributed by atoms with Crippen LogP contribution in [0.3, 0.4) is 0 Å². The van der Waals surface area contributed by atoms with Crippen LogP contribution in [0.25, 0.3) is 0 Å². The molecule has 120 valence electrons. The summed E-state index contributed by atoms with van der Waals surface area (Å²) in [5.74, 6) is 1.23. The molecule has 0 aliphatic carbocycles. The van der Waals surface area contributed by atoms with Gasteiger partial charge in [-0.15, -0.1) is 0 Å². The van der Waals surface area contributed by atoms with Crippen molar-refractivity contribution in [3.05, 3.63) is 22.7 Å². The molecule has 0 unspecified atom stereocenters. The second-order valence-corrected chi connectivity index (χ2v) is 5.18. The summed E-state index contributed by atoms with van der Waals surface area (Å²) in [4.78, 5) is 0. The average Bonchev–Trinajstić information content (AvgIpc) is 2.44. The van der Waals surface area contributed by atoms with Gasteiger partial charge in [0.05, 0.1) is 24.8 Å². The number of aliphatic hydroxyl groups is 1. The summed E-state index contributed by atoms with van der Waals surface area (Å²) >= 11 is 6.22. The molecule has 0 aliphatic rings. The monoisotopic (exact) mass is 316 g/mol. The molecule has 0 aliphatic heterocycles. The van der Waals surface area contributed by atoms with Crippen molar-refractivity contribution in [2.75, 3.05) is 33.4 Å². The predicted molar refractivity (Wildman–Crippen MR) is 85.4 cm³/mol. The first-order chi connectivity index (χ1) is 10.1. The van der Waals surface area contributed by atoms with E-state index in [1.165, 1.54) is 0 Å². The fourth-order valence-corrected chi connectivity index (χ4v) is 2.17. The second kappa shape index (κ2) is 9.84. The molecule has 0 amide bonds. The van der Waals surface area contributed by atoms with E-state index >= 15 is 0 Å². The topological polar surface area (TPSA) is 62.8 Å². The van der Waals surface area contributed by atoms with Gasteiger partial charge < -0.3 is 25.2 Å². The van der Waals surface area contributed by atoms with Crippen LogP contribution in [-0.2, 0) is 6.54 Å². The molecule has 3 N–H and O–H groups in total. The highest BCUT2D eigenvalue weighted by Gasteiger charge is 2.11. The van der Waals surface area contributed by atoms with Crippen molar-refractivity contribution in [1.29, 1.82) is 0 Å². The zero-order chi connectivity index (χ0) is 15.7. The number of benzene rings is 1. The van der Waals surface area contributed by atoms with Gasteiger partial charge in [-0.3, -0.25) is 0 Å². The normalized spacial score (nSPS) is 12.2. The molecule has 1 aromatic carbocycles. The summed E-state index contributed by atoms with van der Waals surface area (Å²) < 4.78 is 10.8. The fourth-order valence-electron chi connectivity index (χ4n) is 1.88. The smallest absolute Gasteiger partial charge is 0.179 e. The van der Waals surface area contributed by atoms with Crippen molar-refractivity contribution in [2.45, 2.75) is 26.5 Å². The average molecular weight is 317 g/mol. The van der Waals surface area contributed by atoms with Gasteiger partial charge >= 0.3 is 0 Å². The number of hydrogen-bond acceptors (Lipinski definition) is 5. The lowest BCUT2D eigenvalue weighted by Crippen LogP contribution is -2.31. The van der Waals surface area contributed by atoms with Gasteiger partial charge in [0.15, 0.2) is 11.5 Å². The summed E-state index contributed by atoms with van der Waals surface area (Å²) in [6, 6.07) is 3.80. The molecule has 1 rings (SSSR count). The largest absolute Gasteiger partial charge is 0.493 e. The van der Waals surface area contributed by atoms with Crippen LogP contribution in [0.1, 0.15) is 19.4 Å². The number of nitrogens with one attached hydrogen (secondary N) is 2. The van der Waals surface area contributed by atoms with E-state index in [1.807, 2.05) is 19.1 Å². The third kappa shape index (κ3) is 6.52. The van der Waals surface area contributed by atoms with Crippen LogP contribution in [-0.4, -0.2) is 44.6 Å². The Bertz CT molecular complexity index is 428. The van der Waals surface area contributed by atoms with Crippen molar-refractivity contribution in [1.82, 2.24) is 10.6 Å². The van der Waals surface area contributed by atoms with Crippen molar-refractivity contribution >= 4 is 11.6 Å². The molecule has 0 saturated heterocycles. The predicted octanol–water partition coefficient (Wildman–Crippen LogP) is 1.81. The quantitative estimate of drug-likeness (QED) is 0.575. The first-order valence-electron chi connectivity index (χ1n) is 7.17. The number of ether oxygens (including phenoxy) is 2. The highest BCUT2D eigenvalue weighted by Crippen LogP contribution is 2.36. The van der Waals surface area contributed by atoms with Gasteiger partial charge in [-0.2, -0.15) is 0 Å². The summed E-state index contributed by atoms with van der Waals surface area (Å²) in [5, 5.41) is 16.1. The molecular formula is C15H25ClN2O3. The summed E-state index contributed by atoms with van der Waals surface area (Å²) in [7, 11) is 1.60. The molecule has 0 radical (unpaired) electrons. The van der Waals surface area contributed by atoms with Crippen LogP contribution < -0.4 is 20.1 Å². The number of rotatable bonds is 10. The van der Waals surface area contributed by atoms with E-state index in [0.29, 0.717) is 36.2 Å². The minimum atomic E-state index is -0.320. The van der Waals surface area contributed by atoms with Gasteiger partial charge in [-0.05, 0) is 31.5 Å². The van der Waals surface area contributed by atoms with Crippen molar-refractivity contribution < 1.29 is 14.6 Å². The maximum Gasteiger partial charge on any atom is 0.179 e. The summed E-state index contributed by atoms with van der Waals surface area (Å²) in [5.41, 5.74) is 1.04. The third-order valence-corrected chi connectivity index (χ3v) is 3.11. The molecule has 0 bridgehead atoms. The van der Waals surface area contributed by atoms with Gasteiger partial charge in [-0.1, -0.05) is 11.6 Å². The minimum Gasteiger partial charge on any atom is -0.493 e. The van der Waals surface area contributed by atoms with E-state index < -0.39 is 0 Å². The molecule has 1 atom stereocenters. The number of hydrogen-bond donors (Lipinski definition) is 3. The van der Waals surface area contributed by atoms with Crippen LogP contribution in [0, 0.1) is 0 Å². The molecule has 0 spiro atoms. The van der Waals surface area contributed by atoms with E-state index in [0.717, 1.165) is 18.7 Å². The summed E-state index contributed by atoms with van der Waals surface area (Å²) in [6.45, 7) is 7.11. The van der Waals surface area contributed by atoms with Crippen molar-refractivity contribution in [2.24, 2.45) is 0 Å². The number of halogens is 1. The molecule has 6 heteroatoms. The fraction of sp³-hybridized carbons (Fsp3) is 0.600. The van der Waals surface area contributed by atoms with Crippen LogP contribution in [0.5, 0.6) is 11.5 Å². The molecule has 21 heavy (non-hydrogen) atoms. The van der Waals surface area contributed by atoms with Crippen molar-refractivity contribution in [3.63, 3.8) is 0 Å². The Morgan fingerprint density at radius 3 is 2.62 bits per heavy atom. The van der Waals surface area contributed by atoms with Gasteiger partial charge in [0.2, 0.25) is 0 Å². The zero-order valence-corrected chi connectivity index (χ0v) is 13.7. The van der Waals surface area contributed by atoms with Crippen LogP contribution >= 0.6 is 11.6 Å². The Balaban J connectivity index is 2.47. The van der Waals surface area contributed by atoms with Crippen LogP contribution in [0.2, 0.25) is 5.02 Å². The van der Waals surface area contributed by atoms with Crippen LogP contribution in [0.4, 0.5) is 0 Å². The van der Waals surface area contributed by atoms with E-state index in [-0.39, 0.29) is 6.10 Å². The SMILES string of the molecule is CCOc1c(Cl)cc(CNCCNC[C@H](C)O)cc1OC. The Morgan fingerprint density at radius 2 is 2.00 bits per heavy atom. The van der Waals surface area contributed by atoms with Crippen molar-refractivity contribution in [3.8, 4) is 11.5 Å². The van der Waals surface area contributed by atoms with Gasteiger partial charge in [0.25, 0.3) is 0 Å². The molecular weight excluding hydrogens is 292 g/mol. The van der Waals surface area contributed by atoms with Gasteiger partial charge in [0, 0.05) is 26.2 Å². The summed E-state index contributed by atoms with van der Waals surface area (Å²) in [6.07, 6.45) is -0.320. The Morgan fingerprint density at radius 1 is 1.29 bits per heavy atom.